The van der Waals surface area contributed by atoms with Gasteiger partial charge in [-0.1, -0.05) is 42.5 Å². The topological polar surface area (TPSA) is 109 Å². The molecule has 1 heterocycles. The molecule has 1 atom stereocenters. The highest BCUT2D eigenvalue weighted by atomic mass is 16.6. The van der Waals surface area contributed by atoms with E-state index < -0.39 is 5.66 Å². The Labute approximate surface area is 195 Å². The van der Waals surface area contributed by atoms with E-state index in [0.717, 1.165) is 48.6 Å². The van der Waals surface area contributed by atoms with Crippen molar-refractivity contribution in [1.82, 2.24) is 15.5 Å². The lowest BCUT2D eigenvalue weighted by atomic mass is 9.77. The minimum Gasteiger partial charge on any atom is -0.329 e. The van der Waals surface area contributed by atoms with Crippen molar-refractivity contribution in [1.29, 1.82) is 0 Å². The van der Waals surface area contributed by atoms with E-state index in [-0.39, 0.29) is 10.6 Å². The van der Waals surface area contributed by atoms with Crippen LogP contribution >= 0.6 is 0 Å². The number of nitrogens with one attached hydrogen (secondary N) is 2. The van der Waals surface area contributed by atoms with Gasteiger partial charge in [0.15, 0.2) is 11.6 Å². The summed E-state index contributed by atoms with van der Waals surface area (Å²) < 4.78 is 0. The second kappa shape index (κ2) is 9.89. The fourth-order valence-corrected chi connectivity index (χ4v) is 5.22. The van der Waals surface area contributed by atoms with Gasteiger partial charge in [0.25, 0.3) is 0 Å². The van der Waals surface area contributed by atoms with Gasteiger partial charge in [0.2, 0.25) is 0 Å². The summed E-state index contributed by atoms with van der Waals surface area (Å²) in [6.45, 7) is 1.54. The molecule has 2 aliphatic rings. The van der Waals surface area contributed by atoms with Gasteiger partial charge in [0.05, 0.1) is 17.7 Å². The van der Waals surface area contributed by atoms with Crippen molar-refractivity contribution in [3.63, 3.8) is 0 Å². The maximum absolute atomic E-state index is 11.7. The van der Waals surface area contributed by atoms with Crippen molar-refractivity contribution >= 4 is 16.7 Å². The normalized spacial score (nSPS) is 26.7. The molecule has 0 radical (unpaired) electrons. The maximum atomic E-state index is 11.7. The zero-order valence-electron chi connectivity index (χ0n) is 19.5. The number of nitro groups is 1. The number of aliphatic imine (C=N–C) groups is 1. The average Bonchev–Trinajstić information content (AvgIpc) is 2.78. The van der Waals surface area contributed by atoms with E-state index in [1.165, 1.54) is 6.20 Å². The molecule has 0 saturated heterocycles. The molecule has 33 heavy (non-hydrogen) atoms. The predicted octanol–water partition coefficient (Wildman–Crippen LogP) is 3.42. The predicted molar refractivity (Wildman–Crippen MR) is 132 cm³/mol. The molecular formula is C25H34N6O2. The first-order valence-corrected chi connectivity index (χ1v) is 11.7. The Hall–Kier alpha value is -2.97. The molecule has 1 unspecified atom stereocenters. The summed E-state index contributed by atoms with van der Waals surface area (Å²) in [5.74, 6) is 1.51. The van der Waals surface area contributed by atoms with Crippen LogP contribution in [-0.4, -0.2) is 42.1 Å². The molecule has 4 N–H and O–H groups in total. The number of nitrogens with zero attached hydrogens (tertiary/aromatic N) is 3. The summed E-state index contributed by atoms with van der Waals surface area (Å²) in [7, 11) is 4.21. The summed E-state index contributed by atoms with van der Waals surface area (Å²) in [6.07, 6.45) is 6.27. The van der Waals surface area contributed by atoms with E-state index in [1.54, 1.807) is 0 Å². The first-order chi connectivity index (χ1) is 15.8. The smallest absolute Gasteiger partial charge is 0.301 e. The number of fused-ring (bicyclic) bond motifs is 1. The number of benzene rings is 2. The highest BCUT2D eigenvalue weighted by Gasteiger charge is 2.44. The van der Waals surface area contributed by atoms with Gasteiger partial charge in [0.1, 0.15) is 0 Å². The Morgan fingerprint density at radius 2 is 1.82 bits per heavy atom. The molecular weight excluding hydrogens is 416 g/mol. The van der Waals surface area contributed by atoms with E-state index in [4.69, 9.17) is 5.73 Å². The van der Waals surface area contributed by atoms with Crippen molar-refractivity contribution in [2.24, 2.45) is 22.6 Å². The van der Waals surface area contributed by atoms with Crippen molar-refractivity contribution in [3.05, 3.63) is 70.0 Å². The van der Waals surface area contributed by atoms with E-state index in [2.05, 4.69) is 58.9 Å². The van der Waals surface area contributed by atoms with Crippen LogP contribution in [0.25, 0.3) is 10.8 Å². The molecule has 1 fully saturated rings. The fourth-order valence-electron chi connectivity index (χ4n) is 5.22. The molecule has 0 amide bonds. The van der Waals surface area contributed by atoms with Crippen LogP contribution in [0.15, 0.2) is 59.4 Å². The van der Waals surface area contributed by atoms with Crippen LogP contribution in [0.4, 0.5) is 0 Å². The molecule has 176 valence electrons. The van der Waals surface area contributed by atoms with Gasteiger partial charge >= 0.3 is 5.70 Å². The SMILES string of the molecule is CN(C)CC1CCC(CC2(N)NC(=NCc3cccc4ccccc34)NC=C2[N+](=O)[O-])CC1. The quantitative estimate of drug-likeness (QED) is 0.441. The van der Waals surface area contributed by atoms with Crippen LogP contribution in [0.2, 0.25) is 0 Å². The van der Waals surface area contributed by atoms with Crippen LogP contribution < -0.4 is 16.4 Å². The minimum atomic E-state index is -1.24. The monoisotopic (exact) mass is 450 g/mol. The number of hydrogen-bond donors (Lipinski definition) is 3. The largest absolute Gasteiger partial charge is 0.329 e. The molecule has 0 spiro atoms. The highest BCUT2D eigenvalue weighted by molar-refractivity contribution is 5.86. The number of nitrogens with two attached hydrogens (primary N) is 1. The van der Waals surface area contributed by atoms with E-state index in [1.807, 2.05) is 18.2 Å². The van der Waals surface area contributed by atoms with E-state index in [0.29, 0.717) is 30.8 Å². The fraction of sp³-hybridized carbons (Fsp3) is 0.480. The molecule has 2 aromatic rings. The first kappa shape index (κ1) is 23.2. The molecule has 1 aliphatic heterocycles. The Morgan fingerprint density at radius 1 is 1.12 bits per heavy atom. The number of hydrogen-bond acceptors (Lipinski definition) is 5. The third kappa shape index (κ3) is 5.51. The lowest BCUT2D eigenvalue weighted by Gasteiger charge is -2.37. The van der Waals surface area contributed by atoms with Gasteiger partial charge in [-0.3, -0.25) is 15.8 Å². The lowest BCUT2D eigenvalue weighted by molar-refractivity contribution is -0.437. The standard InChI is InChI=1S/C25H34N6O2/c1-30(2)17-19-12-10-18(11-13-19)14-25(26)23(31(32)33)16-28-24(29-25)27-15-21-8-5-7-20-6-3-4-9-22(20)21/h3-9,16,18-19H,10-15,17,26H2,1-2H3,(H2,27,28,29). The van der Waals surface area contributed by atoms with Crippen LogP contribution in [-0.2, 0) is 6.54 Å². The average molecular weight is 451 g/mol. The Morgan fingerprint density at radius 3 is 2.55 bits per heavy atom. The van der Waals surface area contributed by atoms with E-state index in [9.17, 15) is 10.1 Å². The van der Waals surface area contributed by atoms with Gasteiger partial charge in [-0.15, -0.1) is 0 Å². The Kier molecular flexibility index (Phi) is 6.95. The third-order valence-corrected chi connectivity index (χ3v) is 6.83. The van der Waals surface area contributed by atoms with Crippen molar-refractivity contribution < 1.29 is 4.92 Å². The zero-order valence-corrected chi connectivity index (χ0v) is 19.5. The van der Waals surface area contributed by atoms with Gasteiger partial charge in [-0.05, 0) is 74.4 Å². The van der Waals surface area contributed by atoms with Crippen LogP contribution in [0.5, 0.6) is 0 Å². The van der Waals surface area contributed by atoms with Crippen LogP contribution in [0, 0.1) is 22.0 Å². The molecule has 8 nitrogen and oxygen atoms in total. The van der Waals surface area contributed by atoms with Gasteiger partial charge in [0, 0.05) is 6.54 Å². The Balaban J connectivity index is 1.47. The van der Waals surface area contributed by atoms with Crippen LogP contribution in [0.3, 0.4) is 0 Å². The van der Waals surface area contributed by atoms with Gasteiger partial charge < -0.3 is 15.5 Å². The summed E-state index contributed by atoms with van der Waals surface area (Å²) in [6, 6.07) is 14.3. The van der Waals surface area contributed by atoms with E-state index >= 15 is 0 Å². The summed E-state index contributed by atoms with van der Waals surface area (Å²) >= 11 is 0. The molecule has 1 aliphatic carbocycles. The van der Waals surface area contributed by atoms with Crippen molar-refractivity contribution in [3.8, 4) is 0 Å². The number of rotatable bonds is 7. The zero-order chi connectivity index (χ0) is 23.4. The molecule has 0 bridgehead atoms. The third-order valence-electron chi connectivity index (χ3n) is 6.83. The molecule has 1 saturated carbocycles. The number of guanidine groups is 1. The van der Waals surface area contributed by atoms with Crippen molar-refractivity contribution in [2.75, 3.05) is 20.6 Å². The lowest BCUT2D eigenvalue weighted by Crippen LogP contribution is -2.64. The molecule has 4 rings (SSSR count). The van der Waals surface area contributed by atoms with Crippen LogP contribution in [0.1, 0.15) is 37.7 Å². The molecule has 2 aromatic carbocycles. The second-order valence-corrected chi connectivity index (χ2v) is 9.68. The summed E-state index contributed by atoms with van der Waals surface area (Å²) in [5.41, 5.74) is 6.46. The Bertz CT molecular complexity index is 1050. The summed E-state index contributed by atoms with van der Waals surface area (Å²) in [4.78, 5) is 18.3. The van der Waals surface area contributed by atoms with Gasteiger partial charge in [-0.25, -0.2) is 4.99 Å². The summed E-state index contributed by atoms with van der Waals surface area (Å²) in [5, 5.41) is 20.2. The molecule has 8 heteroatoms. The highest BCUT2D eigenvalue weighted by Crippen LogP contribution is 2.35. The first-order valence-electron chi connectivity index (χ1n) is 11.7. The van der Waals surface area contributed by atoms with Gasteiger partial charge in [-0.2, -0.15) is 0 Å². The van der Waals surface area contributed by atoms with Crippen molar-refractivity contribution in [2.45, 2.75) is 44.3 Å². The minimum absolute atomic E-state index is 0.0398. The maximum Gasteiger partial charge on any atom is 0.301 e. The second-order valence-electron chi connectivity index (χ2n) is 9.68. The molecule has 0 aromatic heterocycles.